The highest BCUT2D eigenvalue weighted by Crippen LogP contribution is 2.58. The summed E-state index contributed by atoms with van der Waals surface area (Å²) in [5.74, 6) is 1.63. The van der Waals surface area contributed by atoms with E-state index < -0.39 is 0 Å². The van der Waals surface area contributed by atoms with Crippen molar-refractivity contribution in [3.63, 3.8) is 0 Å². The number of nitrogens with one attached hydrogen (secondary N) is 2. The van der Waals surface area contributed by atoms with Crippen molar-refractivity contribution in [1.29, 1.82) is 0 Å². The Bertz CT molecular complexity index is 424. The molecule has 4 rings (SSSR count). The van der Waals surface area contributed by atoms with Gasteiger partial charge >= 0.3 is 0 Å². The molecular formula is C19H34ClN3O. The summed E-state index contributed by atoms with van der Waals surface area (Å²) < 4.78 is 0. The summed E-state index contributed by atoms with van der Waals surface area (Å²) in [6, 6.07) is 0.432. The maximum atomic E-state index is 12.6. The van der Waals surface area contributed by atoms with E-state index in [0.717, 1.165) is 38.3 Å². The van der Waals surface area contributed by atoms with Crippen molar-refractivity contribution in [3.05, 3.63) is 0 Å². The standard InChI is InChI=1S/C19H33N3O.ClH/c23-18(17-13-19(17)7-9-20-10-8-19)21-16-5-11-22(12-6-16)14-15-3-1-2-4-15;/h15-17,20H,1-14H2,(H,21,23);1H. The molecule has 0 aromatic rings. The highest BCUT2D eigenvalue weighted by molar-refractivity contribution is 5.85. The Morgan fingerprint density at radius 1 is 1.08 bits per heavy atom. The molecule has 24 heavy (non-hydrogen) atoms. The van der Waals surface area contributed by atoms with Crippen molar-refractivity contribution < 1.29 is 4.79 Å². The van der Waals surface area contributed by atoms with Gasteiger partial charge in [-0.15, -0.1) is 12.4 Å². The largest absolute Gasteiger partial charge is 0.353 e. The molecule has 4 aliphatic rings. The summed E-state index contributed by atoms with van der Waals surface area (Å²) in [6.07, 6.45) is 11.6. The van der Waals surface area contributed by atoms with E-state index in [4.69, 9.17) is 0 Å². The van der Waals surface area contributed by atoms with E-state index in [0.29, 0.717) is 23.3 Å². The van der Waals surface area contributed by atoms with Gasteiger partial charge in [-0.3, -0.25) is 4.79 Å². The van der Waals surface area contributed by atoms with Crippen molar-refractivity contribution in [3.8, 4) is 0 Å². The molecule has 1 spiro atoms. The second-order valence-electron chi connectivity index (χ2n) is 8.60. The smallest absolute Gasteiger partial charge is 0.223 e. The molecule has 1 unspecified atom stereocenters. The number of carbonyl (C=O) groups excluding carboxylic acids is 1. The molecule has 2 saturated heterocycles. The van der Waals surface area contributed by atoms with Crippen LogP contribution in [0.2, 0.25) is 0 Å². The Labute approximate surface area is 152 Å². The summed E-state index contributed by atoms with van der Waals surface area (Å²) in [5.41, 5.74) is 0.374. The fraction of sp³-hybridized carbons (Fsp3) is 0.947. The molecule has 2 saturated carbocycles. The molecule has 4 fully saturated rings. The first-order valence-corrected chi connectivity index (χ1v) is 9.99. The Balaban J connectivity index is 0.00000169. The number of hydrogen-bond acceptors (Lipinski definition) is 3. The third-order valence-corrected chi connectivity index (χ3v) is 7.03. The zero-order valence-corrected chi connectivity index (χ0v) is 15.7. The van der Waals surface area contributed by atoms with E-state index in [1.165, 1.54) is 58.2 Å². The first kappa shape index (κ1) is 18.5. The Hall–Kier alpha value is -0.320. The van der Waals surface area contributed by atoms with Crippen LogP contribution in [0.5, 0.6) is 0 Å². The lowest BCUT2D eigenvalue weighted by Crippen LogP contribution is -2.46. The van der Waals surface area contributed by atoms with Crippen molar-refractivity contribution in [2.45, 2.75) is 63.8 Å². The van der Waals surface area contributed by atoms with Gasteiger partial charge in [-0.25, -0.2) is 0 Å². The van der Waals surface area contributed by atoms with E-state index in [1.54, 1.807) is 0 Å². The van der Waals surface area contributed by atoms with Crippen LogP contribution in [-0.2, 0) is 4.79 Å². The number of halogens is 1. The number of hydrogen-bond donors (Lipinski definition) is 2. The number of rotatable bonds is 4. The van der Waals surface area contributed by atoms with E-state index in [2.05, 4.69) is 15.5 Å². The molecule has 4 nitrogen and oxygen atoms in total. The fourth-order valence-electron chi connectivity index (χ4n) is 5.32. The summed E-state index contributed by atoms with van der Waals surface area (Å²) in [4.78, 5) is 15.2. The molecular weight excluding hydrogens is 322 g/mol. The first-order valence-electron chi connectivity index (χ1n) is 9.99. The lowest BCUT2D eigenvalue weighted by molar-refractivity contribution is -0.124. The second kappa shape index (κ2) is 7.92. The minimum absolute atomic E-state index is 0. The van der Waals surface area contributed by atoms with E-state index in [-0.39, 0.29) is 12.4 Å². The Morgan fingerprint density at radius 2 is 1.75 bits per heavy atom. The minimum Gasteiger partial charge on any atom is -0.353 e. The molecule has 1 amide bonds. The lowest BCUT2D eigenvalue weighted by atomic mass is 9.91. The van der Waals surface area contributed by atoms with Crippen LogP contribution >= 0.6 is 12.4 Å². The topological polar surface area (TPSA) is 44.4 Å². The Morgan fingerprint density at radius 3 is 2.42 bits per heavy atom. The monoisotopic (exact) mass is 355 g/mol. The van der Waals surface area contributed by atoms with Gasteiger partial charge in [0.1, 0.15) is 0 Å². The van der Waals surface area contributed by atoms with Crippen LogP contribution in [0.15, 0.2) is 0 Å². The third kappa shape index (κ3) is 4.08. The summed E-state index contributed by atoms with van der Waals surface area (Å²) in [5, 5.41) is 6.80. The highest BCUT2D eigenvalue weighted by atomic mass is 35.5. The van der Waals surface area contributed by atoms with Crippen molar-refractivity contribution in [2.75, 3.05) is 32.7 Å². The summed E-state index contributed by atoms with van der Waals surface area (Å²) in [7, 11) is 0. The van der Waals surface area contributed by atoms with Gasteiger partial charge in [0.15, 0.2) is 0 Å². The number of amides is 1. The average Bonchev–Trinajstić information content (AvgIpc) is 3.02. The van der Waals surface area contributed by atoms with Crippen molar-refractivity contribution in [1.82, 2.24) is 15.5 Å². The number of likely N-dealkylation sites (tertiary alicyclic amines) is 1. The van der Waals surface area contributed by atoms with Crippen LogP contribution in [0.4, 0.5) is 0 Å². The quantitative estimate of drug-likeness (QED) is 0.814. The van der Waals surface area contributed by atoms with E-state index in [9.17, 15) is 4.79 Å². The van der Waals surface area contributed by atoms with Gasteiger partial charge in [0, 0.05) is 31.6 Å². The van der Waals surface area contributed by atoms with Gasteiger partial charge in [0.05, 0.1) is 0 Å². The minimum atomic E-state index is 0. The molecule has 138 valence electrons. The van der Waals surface area contributed by atoms with Crippen molar-refractivity contribution in [2.24, 2.45) is 17.3 Å². The van der Waals surface area contributed by atoms with Crippen LogP contribution in [0.25, 0.3) is 0 Å². The van der Waals surface area contributed by atoms with Crippen LogP contribution in [0.1, 0.15) is 57.8 Å². The van der Waals surface area contributed by atoms with Gasteiger partial charge in [-0.1, -0.05) is 12.8 Å². The van der Waals surface area contributed by atoms with Crippen LogP contribution in [0, 0.1) is 17.3 Å². The molecule has 0 bridgehead atoms. The van der Waals surface area contributed by atoms with Gasteiger partial charge in [0.25, 0.3) is 0 Å². The lowest BCUT2D eigenvalue weighted by Gasteiger charge is -2.34. The molecule has 2 aliphatic heterocycles. The molecule has 0 radical (unpaired) electrons. The predicted molar refractivity (Wildman–Crippen MR) is 99.5 cm³/mol. The molecule has 0 aromatic heterocycles. The van der Waals surface area contributed by atoms with Crippen LogP contribution < -0.4 is 10.6 Å². The normalized spacial score (nSPS) is 30.9. The van der Waals surface area contributed by atoms with E-state index in [1.807, 2.05) is 0 Å². The number of nitrogens with zero attached hydrogens (tertiary/aromatic N) is 1. The number of carbonyl (C=O) groups is 1. The molecule has 0 aromatic carbocycles. The van der Waals surface area contributed by atoms with Gasteiger partial charge in [-0.2, -0.15) is 0 Å². The predicted octanol–water partition coefficient (Wildman–Crippen LogP) is 2.57. The molecule has 1 atom stereocenters. The fourth-order valence-corrected chi connectivity index (χ4v) is 5.32. The molecule has 2 heterocycles. The second-order valence-corrected chi connectivity index (χ2v) is 8.60. The average molecular weight is 356 g/mol. The maximum Gasteiger partial charge on any atom is 0.223 e. The van der Waals surface area contributed by atoms with Crippen molar-refractivity contribution >= 4 is 18.3 Å². The van der Waals surface area contributed by atoms with Gasteiger partial charge in [0.2, 0.25) is 5.91 Å². The van der Waals surface area contributed by atoms with Gasteiger partial charge in [-0.05, 0) is 69.4 Å². The number of piperidine rings is 2. The van der Waals surface area contributed by atoms with Crippen LogP contribution in [-0.4, -0.2) is 49.6 Å². The Kier molecular flexibility index (Phi) is 6.10. The SMILES string of the molecule is Cl.O=C(NC1CCN(CC2CCCC2)CC1)C1CC12CCNCC2. The van der Waals surface area contributed by atoms with Crippen LogP contribution in [0.3, 0.4) is 0 Å². The van der Waals surface area contributed by atoms with E-state index >= 15 is 0 Å². The van der Waals surface area contributed by atoms with Gasteiger partial charge < -0.3 is 15.5 Å². The first-order chi connectivity index (χ1) is 11.3. The molecule has 2 aliphatic carbocycles. The summed E-state index contributed by atoms with van der Waals surface area (Å²) in [6.45, 7) is 5.87. The maximum absolute atomic E-state index is 12.6. The third-order valence-electron chi connectivity index (χ3n) is 7.03. The summed E-state index contributed by atoms with van der Waals surface area (Å²) >= 11 is 0. The molecule has 5 heteroatoms. The zero-order valence-electron chi connectivity index (χ0n) is 14.9. The molecule has 2 N–H and O–H groups in total. The highest BCUT2D eigenvalue weighted by Gasteiger charge is 2.57. The zero-order chi connectivity index (χ0) is 15.7.